The Hall–Kier alpha value is -1.29. The molecular weight excluding hydrogens is 394 g/mol. The highest BCUT2D eigenvalue weighted by Crippen LogP contribution is 2.26. The van der Waals surface area contributed by atoms with Crippen molar-refractivity contribution >= 4 is 5.91 Å². The van der Waals surface area contributed by atoms with E-state index in [-0.39, 0.29) is 12.1 Å². The molecule has 0 radical (unpaired) electrons. The summed E-state index contributed by atoms with van der Waals surface area (Å²) in [6, 6.07) is 0. The van der Waals surface area contributed by atoms with Gasteiger partial charge in [0.15, 0.2) is 12.3 Å². The minimum Gasteiger partial charge on any atom is -0.338 e. The first kappa shape index (κ1) is 28.7. The third-order valence-electron chi connectivity index (χ3n) is 7.14. The van der Waals surface area contributed by atoms with Gasteiger partial charge in [0.05, 0.1) is 12.7 Å². The van der Waals surface area contributed by atoms with Crippen LogP contribution in [0.4, 0.5) is 0 Å². The lowest BCUT2D eigenvalue weighted by molar-refractivity contribution is -0.923. The molecule has 1 aliphatic rings. The van der Waals surface area contributed by atoms with Crippen LogP contribution in [0.2, 0.25) is 0 Å². The van der Waals surface area contributed by atoms with Crippen LogP contribution in [0.15, 0.2) is 24.6 Å². The number of allylic oxidation sites excluding steroid dienone is 2. The van der Waals surface area contributed by atoms with Gasteiger partial charge in [-0.1, -0.05) is 83.3 Å². The molecule has 0 fully saturated rings. The van der Waals surface area contributed by atoms with Crippen LogP contribution in [0.1, 0.15) is 130 Å². The maximum absolute atomic E-state index is 11.5. The second-order valence-electron chi connectivity index (χ2n) is 9.77. The molecule has 0 saturated carbocycles. The molecule has 1 heterocycles. The summed E-state index contributed by atoms with van der Waals surface area (Å²) in [6.45, 7) is 9.22. The fourth-order valence-corrected chi connectivity index (χ4v) is 5.03. The van der Waals surface area contributed by atoms with Crippen molar-refractivity contribution in [1.82, 2.24) is 10.6 Å². The van der Waals surface area contributed by atoms with Crippen molar-refractivity contribution in [2.45, 2.75) is 143 Å². The zero-order chi connectivity index (χ0) is 23.5. The van der Waals surface area contributed by atoms with Crippen molar-refractivity contribution in [3.05, 3.63) is 24.6 Å². The van der Waals surface area contributed by atoms with Crippen molar-refractivity contribution in [3.63, 3.8) is 0 Å². The van der Waals surface area contributed by atoms with Crippen molar-refractivity contribution in [1.29, 1.82) is 0 Å². The fraction of sp³-hybridized carbons (Fsp3) is 0.821. The van der Waals surface area contributed by atoms with Gasteiger partial charge in [-0.2, -0.15) is 0 Å². The summed E-state index contributed by atoms with van der Waals surface area (Å²) in [5.41, 5.74) is 0. The SMILES string of the molecule is CCCCCCCC/C=C/CCCCCCCCCC1NC=C[N+]1(CC)C(C)NC(C)=O. The number of hydrogen-bond acceptors (Lipinski definition) is 2. The van der Waals surface area contributed by atoms with Crippen LogP contribution >= 0.6 is 0 Å². The number of nitrogens with zero attached hydrogens (tertiary/aromatic N) is 1. The maximum Gasteiger partial charge on any atom is 0.221 e. The number of hydrogen-bond donors (Lipinski definition) is 2. The lowest BCUT2D eigenvalue weighted by Gasteiger charge is -2.41. The third-order valence-corrected chi connectivity index (χ3v) is 7.14. The van der Waals surface area contributed by atoms with E-state index >= 15 is 0 Å². The predicted molar refractivity (Wildman–Crippen MR) is 139 cm³/mol. The molecular formula is C28H54N3O+. The summed E-state index contributed by atoms with van der Waals surface area (Å²) < 4.78 is 0.811. The van der Waals surface area contributed by atoms with E-state index in [9.17, 15) is 4.79 Å². The van der Waals surface area contributed by atoms with E-state index in [4.69, 9.17) is 0 Å². The zero-order valence-electron chi connectivity index (χ0n) is 21.8. The predicted octanol–water partition coefficient (Wildman–Crippen LogP) is 7.52. The average Bonchev–Trinajstić information content (AvgIpc) is 3.19. The van der Waals surface area contributed by atoms with E-state index in [1.807, 2.05) is 0 Å². The Balaban J connectivity index is 2.00. The highest BCUT2D eigenvalue weighted by Gasteiger charge is 2.41. The minimum absolute atomic E-state index is 0.0517. The molecule has 2 N–H and O–H groups in total. The molecule has 0 spiro atoms. The lowest BCUT2D eigenvalue weighted by Crippen LogP contribution is -2.62. The van der Waals surface area contributed by atoms with Crippen molar-refractivity contribution in [2.75, 3.05) is 6.54 Å². The topological polar surface area (TPSA) is 41.1 Å². The molecule has 1 amide bonds. The van der Waals surface area contributed by atoms with Crippen molar-refractivity contribution in [3.8, 4) is 0 Å². The molecule has 4 heteroatoms. The van der Waals surface area contributed by atoms with E-state index in [0.29, 0.717) is 6.17 Å². The molecule has 1 rings (SSSR count). The second-order valence-corrected chi connectivity index (χ2v) is 9.77. The van der Waals surface area contributed by atoms with Gasteiger partial charge < -0.3 is 10.6 Å². The zero-order valence-corrected chi connectivity index (χ0v) is 21.8. The molecule has 186 valence electrons. The van der Waals surface area contributed by atoms with Gasteiger partial charge in [-0.05, 0) is 39.0 Å². The highest BCUT2D eigenvalue weighted by atomic mass is 16.1. The summed E-state index contributed by atoms with van der Waals surface area (Å²) >= 11 is 0. The number of unbranched alkanes of at least 4 members (excludes halogenated alkanes) is 13. The Bertz CT molecular complexity index is 531. The molecule has 0 saturated heterocycles. The van der Waals surface area contributed by atoms with Gasteiger partial charge in [0.25, 0.3) is 0 Å². The van der Waals surface area contributed by atoms with Gasteiger partial charge in [0, 0.05) is 20.3 Å². The summed E-state index contributed by atoms with van der Waals surface area (Å²) in [4.78, 5) is 11.5. The van der Waals surface area contributed by atoms with Gasteiger partial charge in [0.2, 0.25) is 5.91 Å². The fourth-order valence-electron chi connectivity index (χ4n) is 5.03. The molecule has 0 aliphatic carbocycles. The standard InChI is InChI=1S/C28H53N3O/c1-5-7-8-9-10-11-12-13-14-15-16-17-18-19-20-21-22-23-28-29-24-25-31(28,6-2)26(3)30-27(4)32/h13-14,24-26,28-29H,5-12,15-23H2,1-4H3/p+1/b14-13+. The first-order valence-corrected chi connectivity index (χ1v) is 13.8. The Morgan fingerprint density at radius 1 is 0.906 bits per heavy atom. The Labute approximate surface area is 199 Å². The number of carbonyl (C=O) groups is 1. The quantitative estimate of drug-likeness (QED) is 0.115. The van der Waals surface area contributed by atoms with Crippen LogP contribution < -0.4 is 10.6 Å². The van der Waals surface area contributed by atoms with E-state index in [0.717, 1.165) is 17.4 Å². The Morgan fingerprint density at radius 2 is 1.44 bits per heavy atom. The molecule has 0 aromatic carbocycles. The van der Waals surface area contributed by atoms with Gasteiger partial charge in [-0.15, -0.1) is 0 Å². The van der Waals surface area contributed by atoms with E-state index in [2.05, 4.69) is 56.0 Å². The summed E-state index contributed by atoms with van der Waals surface area (Å²) in [7, 11) is 0. The Kier molecular flexibility index (Phi) is 16.3. The largest absolute Gasteiger partial charge is 0.338 e. The first-order chi connectivity index (χ1) is 15.6. The van der Waals surface area contributed by atoms with Crippen LogP contribution in [0.5, 0.6) is 0 Å². The second kappa shape index (κ2) is 18.2. The van der Waals surface area contributed by atoms with E-state index < -0.39 is 0 Å². The third kappa shape index (κ3) is 11.5. The molecule has 1 aliphatic heterocycles. The average molecular weight is 449 g/mol. The number of amides is 1. The summed E-state index contributed by atoms with van der Waals surface area (Å²) in [6.07, 6.45) is 31.1. The van der Waals surface area contributed by atoms with Gasteiger partial charge in [-0.3, -0.25) is 9.28 Å². The molecule has 0 aromatic heterocycles. The summed E-state index contributed by atoms with van der Waals surface area (Å²) in [5, 5.41) is 6.64. The molecule has 3 unspecified atom stereocenters. The van der Waals surface area contributed by atoms with E-state index in [1.54, 1.807) is 6.92 Å². The van der Waals surface area contributed by atoms with Gasteiger partial charge in [0.1, 0.15) is 6.20 Å². The monoisotopic (exact) mass is 448 g/mol. The molecule has 4 nitrogen and oxygen atoms in total. The molecule has 0 bridgehead atoms. The van der Waals surface area contributed by atoms with Crippen LogP contribution in [-0.2, 0) is 4.79 Å². The van der Waals surface area contributed by atoms with Crippen molar-refractivity contribution in [2.24, 2.45) is 0 Å². The van der Waals surface area contributed by atoms with Gasteiger partial charge in [-0.25, -0.2) is 0 Å². The highest BCUT2D eigenvalue weighted by molar-refractivity contribution is 5.72. The molecule has 3 atom stereocenters. The van der Waals surface area contributed by atoms with Crippen molar-refractivity contribution < 1.29 is 9.28 Å². The van der Waals surface area contributed by atoms with Crippen LogP contribution in [-0.4, -0.2) is 29.3 Å². The number of quaternary nitrogens is 1. The van der Waals surface area contributed by atoms with Crippen LogP contribution in [0, 0.1) is 0 Å². The maximum atomic E-state index is 11.5. The smallest absolute Gasteiger partial charge is 0.221 e. The van der Waals surface area contributed by atoms with E-state index in [1.165, 1.54) is 96.3 Å². The number of carbonyl (C=O) groups excluding carboxylic acids is 1. The first-order valence-electron chi connectivity index (χ1n) is 13.8. The minimum atomic E-state index is 0.0517. The molecule has 0 aromatic rings. The number of rotatable bonds is 20. The number of nitrogens with one attached hydrogen (secondary N) is 2. The van der Waals surface area contributed by atoms with Crippen LogP contribution in [0.3, 0.4) is 0 Å². The molecule has 32 heavy (non-hydrogen) atoms. The van der Waals surface area contributed by atoms with Crippen LogP contribution in [0.25, 0.3) is 0 Å². The summed E-state index contributed by atoms with van der Waals surface area (Å²) in [5.74, 6) is 0.0517. The van der Waals surface area contributed by atoms with Gasteiger partial charge >= 0.3 is 0 Å². The lowest BCUT2D eigenvalue weighted by atomic mass is 10.1. The Morgan fingerprint density at radius 3 is 1.97 bits per heavy atom. The normalized spacial score (nSPS) is 21.2.